The van der Waals surface area contributed by atoms with E-state index in [-0.39, 0.29) is 116 Å². The number of likely N-dealkylation sites (tertiary alicyclic amines) is 1. The van der Waals surface area contributed by atoms with Crippen molar-refractivity contribution in [3.63, 3.8) is 0 Å². The minimum absolute atomic E-state index is 0. The fourth-order valence-electron chi connectivity index (χ4n) is 21.3. The van der Waals surface area contributed by atoms with Crippen molar-refractivity contribution < 1.29 is 79.6 Å². The third-order valence-electron chi connectivity index (χ3n) is 29.2. The maximum absolute atomic E-state index is 14.8. The zero-order chi connectivity index (χ0) is 105. The van der Waals surface area contributed by atoms with Crippen LogP contribution in [-0.2, 0) is 93.3 Å². The van der Waals surface area contributed by atoms with Crippen LogP contribution in [0.1, 0.15) is 223 Å². The van der Waals surface area contributed by atoms with Crippen LogP contribution >= 0.6 is 0 Å². The molecule has 2 aliphatic carbocycles. The van der Waals surface area contributed by atoms with Gasteiger partial charge in [-0.25, -0.2) is 106 Å². The van der Waals surface area contributed by atoms with E-state index < -0.39 is 146 Å². The summed E-state index contributed by atoms with van der Waals surface area (Å²) >= 11 is 0. The standard InChI is InChI=1S/C27H31F3N4O3S.C25H25F3N6O2.C25H27F3N4O3S.C24H24F3N5O2S.CH4/c1-16(17-6-5-7-18(21(17)28)22(29)30)33-23-19-12-20(25(35)34(2)24(19)32-15-31-23)27(37-3)10-8-26(9-11-27)13-38(4,36)14-26;1-14(16-6-5-7-17(20(16)26)21(27)28)32-22-18-12-19(24(36)33(4)23(18)31-13-30-22)25(29-3)8-10-34(11-9-25)15(2)35;1-14(15-6-5-7-16(19(15)26)20(27)28)31-21-17-8-18(23(33)32(2)22(17)30-13-29-21)25(35-3)9-24(10-25)11-36(4,34)12-24;1-14(15-6-5-7-16(19(15)25)20(26)27)31-21-17-12-18(23(33)32(3)22(17)30-13-29-21)24(28-2)8-10-35(4,34)11-9-24;/h5-7,12,15-16,22H,4,8-11,13-14H2,1-3H3,(H,31,32,33);5-7,12-14,21H,8-11H2,1-2,4H3,(H,30,31,32);5-8,13-14,20H,4,9-12H2,1-3H3,(H,29,30,31);5-7,12-14,20H,4,8-11H2,1,3H3,(H,29,30,31);1H4/t16-,26?,27?,38?;14-;14-,24?,25?,36?;14-,24?,35?;/m1111./s1. The quantitative estimate of drug-likeness (QED) is 0.0278. The summed E-state index contributed by atoms with van der Waals surface area (Å²) in [6.45, 7) is 24.5. The number of anilines is 4. The summed E-state index contributed by atoms with van der Waals surface area (Å²) in [4.78, 5) is 109. The molecule has 44 heteroatoms. The van der Waals surface area contributed by atoms with Gasteiger partial charge in [-0.05, 0) is 147 Å². The molecular formula is C102H111F12N19O10S3. The van der Waals surface area contributed by atoms with Crippen molar-refractivity contribution in [2.24, 2.45) is 39.0 Å². The summed E-state index contributed by atoms with van der Waals surface area (Å²) in [6, 6.07) is 19.1. The van der Waals surface area contributed by atoms with Gasteiger partial charge in [0.2, 0.25) is 5.91 Å². The molecule has 12 aromatic rings. The van der Waals surface area contributed by atoms with E-state index in [1.54, 1.807) is 92.2 Å². The van der Waals surface area contributed by atoms with Crippen molar-refractivity contribution >= 4 is 119 Å². The molecule has 1 amide bonds. The van der Waals surface area contributed by atoms with Gasteiger partial charge in [-0.3, -0.25) is 54.9 Å². The molecule has 0 unspecified atom stereocenters. The smallest absolute Gasteiger partial charge is 0.266 e. The number of rotatable bonds is 22. The van der Waals surface area contributed by atoms with Crippen molar-refractivity contribution in [2.45, 2.75) is 178 Å². The second-order valence-corrected chi connectivity index (χ2v) is 46.4. The molecule has 146 heavy (non-hydrogen) atoms. The predicted molar refractivity (Wildman–Crippen MR) is 542 cm³/mol. The first-order valence-electron chi connectivity index (χ1n) is 46.2. The Morgan fingerprint density at radius 1 is 0.397 bits per heavy atom. The molecule has 4 atom stereocenters. The van der Waals surface area contributed by atoms with E-state index in [1.807, 2.05) is 0 Å². The van der Waals surface area contributed by atoms with Crippen LogP contribution < -0.4 is 43.5 Å². The van der Waals surface area contributed by atoms with Crippen LogP contribution in [0.2, 0.25) is 0 Å². The number of carbonyl (C=O) groups excluding carboxylic acids is 1. The van der Waals surface area contributed by atoms with Gasteiger partial charge in [0, 0.05) is 145 Å². The van der Waals surface area contributed by atoms with Crippen LogP contribution in [0.3, 0.4) is 0 Å². The maximum atomic E-state index is 14.8. The zero-order valence-corrected chi connectivity index (χ0v) is 83.5. The Morgan fingerprint density at radius 3 is 0.925 bits per heavy atom. The number of nitrogens with zero attached hydrogens (tertiary/aromatic N) is 15. The number of hydrogen-bond acceptors (Lipinski definition) is 22. The number of carbonyl (C=O) groups is 1. The van der Waals surface area contributed by atoms with E-state index in [1.165, 1.54) is 106 Å². The van der Waals surface area contributed by atoms with E-state index in [0.717, 1.165) is 37.1 Å². The summed E-state index contributed by atoms with van der Waals surface area (Å²) in [6.07, 6.45) is -1.76. The average Bonchev–Trinajstić information content (AvgIpc) is 0.686. The molecule has 12 heterocycles. The van der Waals surface area contributed by atoms with Gasteiger partial charge in [-0.2, -0.15) is 0 Å². The van der Waals surface area contributed by atoms with E-state index in [2.05, 4.69) is 88.4 Å². The van der Waals surface area contributed by atoms with Gasteiger partial charge >= 0.3 is 0 Å². The highest BCUT2D eigenvalue weighted by molar-refractivity contribution is 8.02. The summed E-state index contributed by atoms with van der Waals surface area (Å²) in [5, 5.41) is 14.2. The monoisotopic (exact) mass is 2090 g/mol. The van der Waals surface area contributed by atoms with Gasteiger partial charge in [-0.1, -0.05) is 80.2 Å². The Balaban J connectivity index is 0.000000154. The van der Waals surface area contributed by atoms with Crippen LogP contribution in [0.25, 0.3) is 53.8 Å². The topological polar surface area (TPSA) is 338 Å². The Bertz CT molecular complexity index is 7810. The number of aromatic nitrogens is 12. The number of alkyl halides is 8. The van der Waals surface area contributed by atoms with Crippen molar-refractivity contribution in [1.29, 1.82) is 0 Å². The molecule has 0 radical (unpaired) electrons. The highest BCUT2D eigenvalue weighted by atomic mass is 32.2. The highest BCUT2D eigenvalue weighted by Gasteiger charge is 2.63. The van der Waals surface area contributed by atoms with Crippen molar-refractivity contribution in [3.05, 3.63) is 277 Å². The van der Waals surface area contributed by atoms with Crippen LogP contribution in [0.5, 0.6) is 0 Å². The Hall–Kier alpha value is -13.2. The van der Waals surface area contributed by atoms with E-state index in [0.29, 0.717) is 142 Å². The van der Waals surface area contributed by atoms with Gasteiger partial charge in [0.25, 0.3) is 59.0 Å². The third kappa shape index (κ3) is 20.6. The molecule has 4 aromatic carbocycles. The largest absolute Gasteiger partial charge is 0.373 e. The van der Waals surface area contributed by atoms with Gasteiger partial charge in [0.15, 0.2) is 0 Å². The normalized spacial score (nSPS) is 23.8. The Kier molecular flexibility index (Phi) is 30.9. The fraction of sp³-hybridized carbons (Fsp3) is 0.431. The lowest BCUT2D eigenvalue weighted by atomic mass is 9.58. The summed E-state index contributed by atoms with van der Waals surface area (Å²) in [5.74, 6) is 11.3. The highest BCUT2D eigenvalue weighted by Crippen LogP contribution is 2.61. The van der Waals surface area contributed by atoms with Crippen LogP contribution in [-0.4, -0.2) is 161 Å². The van der Waals surface area contributed by atoms with Gasteiger partial charge in [0.05, 0.1) is 90.3 Å². The molecule has 8 aromatic heterocycles. The molecule has 4 aliphatic heterocycles. The number of benzene rings is 4. The minimum Gasteiger partial charge on any atom is -0.373 e. The number of fused-ring (bicyclic) bond motifs is 4. The first kappa shape index (κ1) is 109. The van der Waals surface area contributed by atoms with E-state index in [9.17, 15) is 89.3 Å². The number of hydrogen-bond donors (Lipinski definition) is 4. The molecule has 2 spiro atoms. The number of piperidine rings is 1. The first-order valence-corrected chi connectivity index (χ1v) is 52.4. The molecular weight excluding hydrogens is 1980 g/mol. The van der Waals surface area contributed by atoms with E-state index >= 15 is 0 Å². The van der Waals surface area contributed by atoms with Gasteiger partial charge in [0.1, 0.15) is 106 Å². The number of ether oxygens (including phenoxy) is 2. The van der Waals surface area contributed by atoms with E-state index in [4.69, 9.17) is 22.6 Å². The van der Waals surface area contributed by atoms with Crippen molar-refractivity contribution in [1.82, 2.24) is 63.0 Å². The Morgan fingerprint density at radius 2 is 0.658 bits per heavy atom. The molecule has 4 N–H and O–H groups in total. The Labute approximate surface area is 834 Å². The average molecular weight is 2090 g/mol. The number of aryl methyl sites for hydroxylation is 4. The van der Waals surface area contributed by atoms with Gasteiger partial charge < -0.3 is 45.3 Å². The maximum Gasteiger partial charge on any atom is 0.266 e. The molecule has 29 nitrogen and oxygen atoms in total. The predicted octanol–water partition coefficient (Wildman–Crippen LogP) is 17.8. The number of amides is 1. The van der Waals surface area contributed by atoms with Crippen LogP contribution in [0, 0.1) is 47.2 Å². The van der Waals surface area contributed by atoms with Crippen molar-refractivity contribution in [2.75, 3.05) is 83.1 Å². The summed E-state index contributed by atoms with van der Waals surface area (Å²) in [5.41, 5.74) is -5.07. The molecule has 0 bridgehead atoms. The molecule has 6 fully saturated rings. The zero-order valence-electron chi connectivity index (χ0n) is 81.1. The number of methoxy groups -OCH3 is 2. The van der Waals surface area contributed by atoms with Crippen LogP contribution in [0.15, 0.2) is 142 Å². The fourth-order valence-corrected chi connectivity index (χ4v) is 28.2. The lowest BCUT2D eigenvalue weighted by Crippen LogP contribution is -2.64. The summed E-state index contributed by atoms with van der Waals surface area (Å²) < 4.78 is 219. The van der Waals surface area contributed by atoms with Crippen LogP contribution in [0.4, 0.5) is 76.0 Å². The lowest BCUT2D eigenvalue weighted by Gasteiger charge is -2.60. The molecule has 4 saturated heterocycles. The molecule has 2 saturated carbocycles. The number of nitrogens with one attached hydrogen (secondary N) is 4. The van der Waals surface area contributed by atoms with Gasteiger partial charge in [-0.15, -0.1) is 0 Å². The first-order chi connectivity index (χ1) is 68.4. The summed E-state index contributed by atoms with van der Waals surface area (Å²) in [7, 11) is 3.12. The number of pyridine rings is 4. The number of halogens is 12. The second kappa shape index (κ2) is 41.6. The second-order valence-electron chi connectivity index (χ2n) is 38.6. The molecule has 18 rings (SSSR count). The lowest BCUT2D eigenvalue weighted by molar-refractivity contribution is -0.148. The molecule has 6 aliphatic rings. The minimum atomic E-state index is -2.95. The van der Waals surface area contributed by atoms with Crippen molar-refractivity contribution in [3.8, 4) is 0 Å². The SMILES string of the molecule is C.C=S1(=O)CC2(CC(OC)(c3cc4c(N[C@H](C)c5cccc(C(F)F)c5F)ncnc4n(C)c3=O)C2)C1.C=S1(=O)CC2(CCC(OC)(c3cc4c(N[C@H](C)c5cccc(C(F)F)c5F)ncnc4n(C)c3=O)CC2)C1.[C-]#[N+]C1(c2cc3c(N[C@H](C)c4cccc(C(F)F)c4F)ncnc3n(C)c2=O)CCN(C(C)=O)CC1.[C-]#[N+]C1(c2cc3c(N[C@H](C)c4cccc(C(F)F)c4F)ncnc3n(C)c2=O)CCS(=C)(=O)CC1. The molecule has 776 valence electrons. The third-order valence-corrected chi connectivity index (χ3v) is 35.6.